The van der Waals surface area contributed by atoms with Gasteiger partial charge in [-0.25, -0.2) is 4.79 Å². The zero-order valence-corrected chi connectivity index (χ0v) is 15.6. The number of benzene rings is 1. The van der Waals surface area contributed by atoms with Crippen molar-refractivity contribution < 1.29 is 19.2 Å². The second kappa shape index (κ2) is 9.26. The first-order valence-electron chi connectivity index (χ1n) is 8.94. The largest absolute Gasteiger partial charge is 0.490 e. The van der Waals surface area contributed by atoms with Crippen molar-refractivity contribution in [1.82, 2.24) is 4.90 Å². The lowest BCUT2D eigenvalue weighted by atomic mass is 10.0. The van der Waals surface area contributed by atoms with Crippen LogP contribution >= 0.6 is 0 Å². The highest BCUT2D eigenvalue weighted by Crippen LogP contribution is 2.32. The number of carbonyl (C=O) groups is 1. The van der Waals surface area contributed by atoms with Gasteiger partial charge < -0.3 is 19.3 Å². The summed E-state index contributed by atoms with van der Waals surface area (Å²) in [5.41, 5.74) is 0.847. The van der Waals surface area contributed by atoms with Gasteiger partial charge in [0.25, 0.3) is 0 Å². The third-order valence-corrected chi connectivity index (χ3v) is 4.75. The number of methoxy groups -OCH3 is 1. The van der Waals surface area contributed by atoms with Crippen molar-refractivity contribution in [2.24, 2.45) is 0 Å². The number of amides is 1. The molecule has 26 heavy (non-hydrogen) atoms. The third-order valence-electron chi connectivity index (χ3n) is 4.75. The van der Waals surface area contributed by atoms with Crippen LogP contribution in [-0.4, -0.2) is 55.8 Å². The summed E-state index contributed by atoms with van der Waals surface area (Å²) >= 11 is 0. The van der Waals surface area contributed by atoms with Crippen LogP contribution in [-0.2, 0) is 4.74 Å². The van der Waals surface area contributed by atoms with Gasteiger partial charge in [0.2, 0.25) is 0 Å². The van der Waals surface area contributed by atoms with Crippen LogP contribution in [0.25, 0.3) is 0 Å². The van der Waals surface area contributed by atoms with Crippen LogP contribution in [0.5, 0.6) is 5.75 Å². The number of piperidine rings is 1. The second-order valence-electron chi connectivity index (χ2n) is 6.41. The van der Waals surface area contributed by atoms with E-state index in [0.29, 0.717) is 6.61 Å². The van der Waals surface area contributed by atoms with Crippen molar-refractivity contribution in [1.29, 1.82) is 0 Å². The topological polar surface area (TPSA) is 85.2 Å². The summed E-state index contributed by atoms with van der Waals surface area (Å²) in [7, 11) is 3.21. The van der Waals surface area contributed by atoms with E-state index in [1.807, 2.05) is 0 Å². The lowest BCUT2D eigenvalue weighted by Gasteiger charge is -2.37. The van der Waals surface area contributed by atoms with E-state index in [2.05, 4.69) is 11.8 Å². The maximum atomic E-state index is 12.1. The van der Waals surface area contributed by atoms with Gasteiger partial charge in [0.05, 0.1) is 18.6 Å². The lowest BCUT2D eigenvalue weighted by molar-refractivity contribution is -0.385. The van der Waals surface area contributed by atoms with Crippen LogP contribution in [0, 0.1) is 10.1 Å². The van der Waals surface area contributed by atoms with Gasteiger partial charge in [-0.05, 0) is 25.3 Å². The molecule has 0 radical (unpaired) electrons. The Morgan fingerprint density at radius 3 is 2.65 bits per heavy atom. The van der Waals surface area contributed by atoms with E-state index in [-0.39, 0.29) is 23.6 Å². The fraction of sp³-hybridized carbons (Fsp3) is 0.611. The molecule has 8 nitrogen and oxygen atoms in total. The standard InChI is InChI=1S/C18H27N3O5/c1-4-5-12-26-18(22)19(2)14-8-10-20(11-9-14)15-6-7-16(21(23)24)17(13-15)25-3/h6-7,13-14H,4-5,8-12H2,1-3H3. The smallest absolute Gasteiger partial charge is 0.409 e. The number of nitro groups is 1. The fourth-order valence-electron chi connectivity index (χ4n) is 3.08. The maximum absolute atomic E-state index is 12.1. The predicted molar refractivity (Wildman–Crippen MR) is 98.9 cm³/mol. The summed E-state index contributed by atoms with van der Waals surface area (Å²) in [5, 5.41) is 11.0. The first kappa shape index (κ1) is 19.8. The lowest BCUT2D eigenvalue weighted by Crippen LogP contribution is -2.45. The van der Waals surface area contributed by atoms with Crippen LogP contribution in [0.3, 0.4) is 0 Å². The molecule has 0 N–H and O–H groups in total. The molecule has 1 heterocycles. The molecular weight excluding hydrogens is 338 g/mol. The molecule has 0 aliphatic carbocycles. The number of anilines is 1. The average molecular weight is 365 g/mol. The predicted octanol–water partition coefficient (Wildman–Crippen LogP) is 3.44. The van der Waals surface area contributed by atoms with Gasteiger partial charge in [-0.15, -0.1) is 0 Å². The molecule has 0 atom stereocenters. The molecule has 0 spiro atoms. The molecule has 8 heteroatoms. The van der Waals surface area contributed by atoms with Crippen molar-refractivity contribution >= 4 is 17.5 Å². The van der Waals surface area contributed by atoms with Gasteiger partial charge in [-0.1, -0.05) is 13.3 Å². The number of carbonyl (C=O) groups excluding carboxylic acids is 1. The quantitative estimate of drug-likeness (QED) is 0.418. The SMILES string of the molecule is CCCCOC(=O)N(C)C1CCN(c2ccc([N+](=O)[O-])c(OC)c2)CC1. The van der Waals surface area contributed by atoms with Crippen LogP contribution in [0.15, 0.2) is 18.2 Å². The Kier molecular flexibility index (Phi) is 7.06. The maximum Gasteiger partial charge on any atom is 0.409 e. The van der Waals surface area contributed by atoms with E-state index in [1.165, 1.54) is 13.2 Å². The van der Waals surface area contributed by atoms with E-state index in [9.17, 15) is 14.9 Å². The minimum absolute atomic E-state index is 0.0410. The van der Waals surface area contributed by atoms with Crippen LogP contribution < -0.4 is 9.64 Å². The van der Waals surface area contributed by atoms with Gasteiger partial charge in [0.1, 0.15) is 0 Å². The molecule has 1 aromatic rings. The Morgan fingerprint density at radius 2 is 2.08 bits per heavy atom. The molecule has 1 fully saturated rings. The first-order chi connectivity index (χ1) is 12.5. The number of nitrogens with zero attached hydrogens (tertiary/aromatic N) is 3. The highest BCUT2D eigenvalue weighted by Gasteiger charge is 2.27. The van der Waals surface area contributed by atoms with Crippen molar-refractivity contribution in [2.75, 3.05) is 38.8 Å². The molecule has 1 aliphatic heterocycles. The number of rotatable bonds is 7. The zero-order chi connectivity index (χ0) is 19.1. The highest BCUT2D eigenvalue weighted by atomic mass is 16.6. The van der Waals surface area contributed by atoms with Gasteiger partial charge in [0, 0.05) is 44.0 Å². The number of unbranched alkanes of at least 4 members (excludes halogenated alkanes) is 1. The molecule has 1 aliphatic rings. The minimum Gasteiger partial charge on any atom is -0.490 e. The van der Waals surface area contributed by atoms with Crippen molar-refractivity contribution in [3.05, 3.63) is 28.3 Å². The van der Waals surface area contributed by atoms with E-state index < -0.39 is 4.92 Å². The van der Waals surface area contributed by atoms with Gasteiger partial charge in [-0.2, -0.15) is 0 Å². The Hall–Kier alpha value is -2.51. The van der Waals surface area contributed by atoms with E-state index in [0.717, 1.165) is 44.5 Å². The van der Waals surface area contributed by atoms with Crippen molar-refractivity contribution in [2.45, 2.75) is 38.6 Å². The number of hydrogen-bond acceptors (Lipinski definition) is 6. The van der Waals surface area contributed by atoms with E-state index >= 15 is 0 Å². The van der Waals surface area contributed by atoms with Gasteiger partial charge >= 0.3 is 11.8 Å². The molecule has 0 aromatic heterocycles. The Balaban J connectivity index is 1.93. The summed E-state index contributed by atoms with van der Waals surface area (Å²) in [5.74, 6) is 0.256. The van der Waals surface area contributed by atoms with Crippen molar-refractivity contribution in [3.8, 4) is 5.75 Å². The van der Waals surface area contributed by atoms with Crippen LogP contribution in [0.1, 0.15) is 32.6 Å². The third kappa shape index (κ3) is 4.77. The molecular formula is C18H27N3O5. The van der Waals surface area contributed by atoms with Crippen LogP contribution in [0.4, 0.5) is 16.2 Å². The minimum atomic E-state index is -0.450. The van der Waals surface area contributed by atoms with Crippen molar-refractivity contribution in [3.63, 3.8) is 0 Å². The number of hydrogen-bond donors (Lipinski definition) is 0. The highest BCUT2D eigenvalue weighted by molar-refractivity contribution is 5.67. The van der Waals surface area contributed by atoms with E-state index in [4.69, 9.17) is 9.47 Å². The molecule has 0 unspecified atom stereocenters. The average Bonchev–Trinajstić information content (AvgIpc) is 2.67. The molecule has 0 saturated carbocycles. The summed E-state index contributed by atoms with van der Waals surface area (Å²) in [6.45, 7) is 4.04. The Bertz CT molecular complexity index is 629. The Labute approximate surface area is 153 Å². The molecule has 1 aromatic carbocycles. The molecule has 0 bridgehead atoms. The monoisotopic (exact) mass is 365 g/mol. The molecule has 1 amide bonds. The number of ether oxygens (including phenoxy) is 2. The normalized spacial score (nSPS) is 14.8. The summed E-state index contributed by atoms with van der Waals surface area (Å²) in [6, 6.07) is 5.04. The second-order valence-corrected chi connectivity index (χ2v) is 6.41. The first-order valence-corrected chi connectivity index (χ1v) is 8.94. The van der Waals surface area contributed by atoms with Gasteiger partial charge in [-0.3, -0.25) is 10.1 Å². The molecule has 144 valence electrons. The summed E-state index contributed by atoms with van der Waals surface area (Å²) in [6.07, 6.45) is 3.24. The summed E-state index contributed by atoms with van der Waals surface area (Å²) in [4.78, 5) is 26.5. The molecule has 2 rings (SSSR count). The Morgan fingerprint density at radius 1 is 1.38 bits per heavy atom. The van der Waals surface area contributed by atoms with E-state index in [1.54, 1.807) is 24.1 Å². The zero-order valence-electron chi connectivity index (χ0n) is 15.6. The number of nitro benzene ring substituents is 1. The fourth-order valence-corrected chi connectivity index (χ4v) is 3.08. The van der Waals surface area contributed by atoms with Gasteiger partial charge in [0.15, 0.2) is 5.75 Å². The summed E-state index contributed by atoms with van der Waals surface area (Å²) < 4.78 is 10.4. The molecule has 1 saturated heterocycles. The van der Waals surface area contributed by atoms with Crippen LogP contribution in [0.2, 0.25) is 0 Å².